The van der Waals surface area contributed by atoms with Gasteiger partial charge < -0.3 is 45.6 Å². The van der Waals surface area contributed by atoms with Gasteiger partial charge in [0.1, 0.15) is 23.4 Å². The number of phenolic OH excluding ortho intramolecular Hbond substituents is 6. The quantitative estimate of drug-likeness (QED) is 0.257. The van der Waals surface area contributed by atoms with Crippen LogP contribution in [-0.4, -0.2) is 52.9 Å². The van der Waals surface area contributed by atoms with Gasteiger partial charge in [-0.1, -0.05) is 12.1 Å². The highest BCUT2D eigenvalue weighted by molar-refractivity contribution is 5.71. The number of benzene rings is 3. The largest absolute Gasteiger partial charge is 0.507 e. The van der Waals surface area contributed by atoms with E-state index in [1.54, 1.807) is 0 Å². The predicted molar refractivity (Wildman–Crippen MR) is 116 cm³/mol. The van der Waals surface area contributed by atoms with E-state index in [0.717, 1.165) is 12.1 Å². The minimum absolute atomic E-state index is 0.000176. The molecule has 1 aliphatic rings. The second-order valence-electron chi connectivity index (χ2n) is 8.09. The van der Waals surface area contributed by atoms with Crippen molar-refractivity contribution in [2.24, 2.45) is 0 Å². The first-order chi connectivity index (χ1) is 16.1. The summed E-state index contributed by atoms with van der Waals surface area (Å²) in [7, 11) is 0. The summed E-state index contributed by atoms with van der Waals surface area (Å²) in [6, 6.07) is 8.57. The highest BCUT2D eigenvalue weighted by Crippen LogP contribution is 2.51. The Balaban J connectivity index is 1.88. The summed E-state index contributed by atoms with van der Waals surface area (Å²) in [4.78, 5) is 11.7. The molecule has 0 spiro atoms. The maximum atomic E-state index is 11.7. The summed E-state index contributed by atoms with van der Waals surface area (Å²) in [6.07, 6.45) is -2.93. The van der Waals surface area contributed by atoms with Crippen LogP contribution in [0.4, 0.5) is 0 Å². The molecule has 3 atom stereocenters. The van der Waals surface area contributed by atoms with Crippen molar-refractivity contribution in [3.05, 3.63) is 64.7 Å². The summed E-state index contributed by atoms with van der Waals surface area (Å²) in [5, 5.41) is 80.4. The summed E-state index contributed by atoms with van der Waals surface area (Å²) in [5.74, 6) is -4.92. The van der Waals surface area contributed by atoms with E-state index in [2.05, 4.69) is 0 Å². The van der Waals surface area contributed by atoms with Gasteiger partial charge >= 0.3 is 5.97 Å². The molecule has 0 saturated heterocycles. The lowest BCUT2D eigenvalue weighted by molar-refractivity contribution is -0.137. The number of aliphatic hydroxyl groups is 1. The van der Waals surface area contributed by atoms with Gasteiger partial charge in [-0.2, -0.15) is 0 Å². The van der Waals surface area contributed by atoms with Crippen LogP contribution in [-0.2, 0) is 11.2 Å². The van der Waals surface area contributed by atoms with Gasteiger partial charge in [0.25, 0.3) is 0 Å². The monoisotopic (exact) mass is 470 g/mol. The Bertz CT molecular complexity index is 1270. The van der Waals surface area contributed by atoms with Gasteiger partial charge in [-0.15, -0.1) is 0 Å². The molecule has 0 radical (unpaired) electrons. The highest BCUT2D eigenvalue weighted by atomic mass is 16.5. The van der Waals surface area contributed by atoms with Crippen LogP contribution in [0.2, 0.25) is 0 Å². The Morgan fingerprint density at radius 1 is 0.853 bits per heavy atom. The average molecular weight is 470 g/mol. The van der Waals surface area contributed by atoms with Gasteiger partial charge in [-0.25, -0.2) is 0 Å². The maximum absolute atomic E-state index is 11.7. The first-order valence-corrected chi connectivity index (χ1v) is 10.2. The Labute approximate surface area is 192 Å². The van der Waals surface area contributed by atoms with Gasteiger partial charge in [0.2, 0.25) is 0 Å². The molecule has 1 aliphatic heterocycles. The molecule has 0 aromatic heterocycles. The third kappa shape index (κ3) is 4.06. The fourth-order valence-corrected chi connectivity index (χ4v) is 4.21. The number of ether oxygens (including phenoxy) is 1. The fourth-order valence-electron chi connectivity index (χ4n) is 4.21. The zero-order chi connectivity index (χ0) is 24.7. The van der Waals surface area contributed by atoms with Crippen molar-refractivity contribution in [3.63, 3.8) is 0 Å². The molecule has 3 aromatic carbocycles. The zero-order valence-electron chi connectivity index (χ0n) is 17.6. The summed E-state index contributed by atoms with van der Waals surface area (Å²) < 4.78 is 5.99. The molecule has 178 valence electrons. The molecule has 1 heterocycles. The molecule has 0 bridgehead atoms. The molecule has 0 aliphatic carbocycles. The predicted octanol–water partition coefficient (Wildman–Crippen LogP) is 2.56. The molecule has 0 fully saturated rings. The van der Waals surface area contributed by atoms with Crippen molar-refractivity contribution < 1.29 is 50.4 Å². The van der Waals surface area contributed by atoms with Crippen LogP contribution in [0.3, 0.4) is 0 Å². The van der Waals surface area contributed by atoms with E-state index in [1.807, 2.05) is 0 Å². The van der Waals surface area contributed by atoms with Gasteiger partial charge in [0.15, 0.2) is 23.0 Å². The van der Waals surface area contributed by atoms with Gasteiger partial charge in [0, 0.05) is 29.5 Å². The number of carboxylic acids is 1. The molecular formula is C24H22O10. The Morgan fingerprint density at radius 2 is 1.50 bits per heavy atom. The van der Waals surface area contributed by atoms with E-state index >= 15 is 0 Å². The van der Waals surface area contributed by atoms with Crippen molar-refractivity contribution >= 4 is 5.97 Å². The van der Waals surface area contributed by atoms with Crippen LogP contribution < -0.4 is 4.74 Å². The summed E-state index contributed by atoms with van der Waals surface area (Å²) >= 11 is 0. The fraction of sp³-hybridized carbons (Fsp3) is 0.208. The first-order valence-electron chi connectivity index (χ1n) is 10.2. The summed E-state index contributed by atoms with van der Waals surface area (Å²) in [5.41, 5.74) is 0.673. The van der Waals surface area contributed by atoms with Crippen molar-refractivity contribution in [1.82, 2.24) is 0 Å². The topological polar surface area (TPSA) is 188 Å². The number of carbonyl (C=O) groups is 1. The smallest absolute Gasteiger partial charge is 0.304 e. The first kappa shape index (κ1) is 22.9. The highest BCUT2D eigenvalue weighted by Gasteiger charge is 2.37. The zero-order valence-corrected chi connectivity index (χ0v) is 17.6. The van der Waals surface area contributed by atoms with Gasteiger partial charge in [-0.05, 0) is 35.4 Å². The van der Waals surface area contributed by atoms with Crippen molar-refractivity contribution in [2.45, 2.75) is 31.0 Å². The second-order valence-corrected chi connectivity index (χ2v) is 8.09. The lowest BCUT2D eigenvalue weighted by Gasteiger charge is -2.34. The molecule has 8 N–H and O–H groups in total. The van der Waals surface area contributed by atoms with Crippen molar-refractivity contribution in [1.29, 1.82) is 0 Å². The van der Waals surface area contributed by atoms with E-state index in [1.165, 1.54) is 30.3 Å². The number of aliphatic carboxylic acids is 1. The van der Waals surface area contributed by atoms with Crippen LogP contribution in [0.15, 0.2) is 42.5 Å². The van der Waals surface area contributed by atoms with Crippen molar-refractivity contribution in [3.8, 4) is 40.2 Å². The van der Waals surface area contributed by atoms with Crippen LogP contribution in [0.5, 0.6) is 40.2 Å². The lowest BCUT2D eigenvalue weighted by Crippen LogP contribution is -2.31. The van der Waals surface area contributed by atoms with Crippen LogP contribution in [0.25, 0.3) is 0 Å². The standard InChI is InChI=1S/C24H22O10/c25-14-3-1-10(5-17(14)28)12(8-21(32)33)22-19(30)9-16(27)13-7-20(31)23(34-24(13)22)11-2-4-15(26)18(29)6-11/h1-6,9,12,20,23,25-31H,7-8H2,(H,32,33)/t12?,20-,23+/m0/s1. The molecular weight excluding hydrogens is 448 g/mol. The minimum atomic E-state index is -1.23. The number of hydrogen-bond donors (Lipinski definition) is 8. The average Bonchev–Trinajstić information content (AvgIpc) is 2.77. The molecule has 10 heteroatoms. The SMILES string of the molecule is O=C(O)CC(c1ccc(O)c(O)c1)c1c(O)cc(O)c2c1O[C@H](c1ccc(O)c(O)c1)[C@@H](O)C2. The maximum Gasteiger partial charge on any atom is 0.304 e. The summed E-state index contributed by atoms with van der Waals surface area (Å²) in [6.45, 7) is 0. The van der Waals surface area contributed by atoms with E-state index in [-0.39, 0.29) is 40.4 Å². The van der Waals surface area contributed by atoms with Crippen LogP contribution in [0.1, 0.15) is 40.7 Å². The number of rotatable bonds is 5. The number of aromatic hydroxyl groups is 6. The van der Waals surface area contributed by atoms with E-state index < -0.39 is 53.5 Å². The minimum Gasteiger partial charge on any atom is -0.507 e. The second kappa shape index (κ2) is 8.56. The normalized spacial score (nSPS) is 18.0. The molecule has 3 aromatic rings. The number of fused-ring (bicyclic) bond motifs is 1. The molecule has 0 saturated carbocycles. The Morgan fingerprint density at radius 3 is 2.12 bits per heavy atom. The van der Waals surface area contributed by atoms with E-state index in [0.29, 0.717) is 5.56 Å². The van der Waals surface area contributed by atoms with Gasteiger partial charge in [-0.3, -0.25) is 4.79 Å². The molecule has 4 rings (SSSR count). The number of carboxylic acid groups (broad SMARTS) is 1. The van der Waals surface area contributed by atoms with Gasteiger partial charge in [0.05, 0.1) is 12.5 Å². The number of hydrogen-bond acceptors (Lipinski definition) is 9. The van der Waals surface area contributed by atoms with Crippen LogP contribution >= 0.6 is 0 Å². The molecule has 10 nitrogen and oxygen atoms in total. The molecule has 1 unspecified atom stereocenters. The van der Waals surface area contributed by atoms with E-state index in [4.69, 9.17) is 4.74 Å². The van der Waals surface area contributed by atoms with Crippen LogP contribution in [0, 0.1) is 0 Å². The Kier molecular flexibility index (Phi) is 5.76. The Hall–Kier alpha value is -4.31. The lowest BCUT2D eigenvalue weighted by atomic mass is 9.83. The van der Waals surface area contributed by atoms with Crippen molar-refractivity contribution in [2.75, 3.05) is 0 Å². The number of phenols is 6. The van der Waals surface area contributed by atoms with E-state index in [9.17, 15) is 45.6 Å². The molecule has 34 heavy (non-hydrogen) atoms. The third-order valence-electron chi connectivity index (χ3n) is 5.84. The molecule has 0 amide bonds. The third-order valence-corrected chi connectivity index (χ3v) is 5.84. The number of aliphatic hydroxyl groups excluding tert-OH is 1.